The van der Waals surface area contributed by atoms with Gasteiger partial charge in [0.2, 0.25) is 0 Å². The third-order valence-electron chi connectivity index (χ3n) is 2.66. The summed E-state index contributed by atoms with van der Waals surface area (Å²) in [7, 11) is 0. The second-order valence-electron chi connectivity index (χ2n) is 3.91. The predicted octanol–water partition coefficient (Wildman–Crippen LogP) is 2.67. The Morgan fingerprint density at radius 3 is 2.93 bits per heavy atom. The van der Waals surface area contributed by atoms with E-state index in [0.717, 1.165) is 41.1 Å². The number of aliphatic hydroxyl groups is 1. The van der Waals surface area contributed by atoms with Crippen LogP contribution in [0.2, 0.25) is 5.02 Å². The minimum atomic E-state index is -0.167. The lowest BCUT2D eigenvalue weighted by Gasteiger charge is -2.15. The zero-order chi connectivity index (χ0) is 10.8. The number of benzene rings is 1. The molecule has 1 saturated heterocycles. The molecule has 0 radical (unpaired) electrons. The number of rotatable bonds is 2. The van der Waals surface area contributed by atoms with E-state index in [1.807, 2.05) is 18.2 Å². The van der Waals surface area contributed by atoms with Crippen LogP contribution in [0.4, 0.5) is 0 Å². The Morgan fingerprint density at radius 2 is 2.33 bits per heavy atom. The quantitative estimate of drug-likeness (QED) is 0.905. The van der Waals surface area contributed by atoms with E-state index in [0.29, 0.717) is 0 Å². The van der Waals surface area contributed by atoms with Crippen LogP contribution in [0.3, 0.4) is 0 Å². The Balaban J connectivity index is 2.04. The lowest BCUT2D eigenvalue weighted by atomic mass is 10.2. The highest BCUT2D eigenvalue weighted by Gasteiger charge is 2.20. The molecule has 1 aromatic carbocycles. The zero-order valence-corrected chi connectivity index (χ0v) is 10.6. The third-order valence-corrected chi connectivity index (χ3v) is 3.50. The SMILES string of the molecule is O[C@H]1CCN(Cc2ccc(Br)cc2Cl)C1. The van der Waals surface area contributed by atoms with Gasteiger partial charge in [0, 0.05) is 29.1 Å². The van der Waals surface area contributed by atoms with Crippen LogP contribution in [0, 0.1) is 0 Å². The molecule has 0 saturated carbocycles. The summed E-state index contributed by atoms with van der Waals surface area (Å²) in [5.41, 5.74) is 1.12. The molecule has 0 unspecified atom stereocenters. The monoisotopic (exact) mass is 289 g/mol. The van der Waals surface area contributed by atoms with E-state index in [4.69, 9.17) is 11.6 Å². The van der Waals surface area contributed by atoms with Crippen LogP contribution >= 0.6 is 27.5 Å². The first kappa shape index (κ1) is 11.4. The summed E-state index contributed by atoms with van der Waals surface area (Å²) in [6.07, 6.45) is 0.702. The van der Waals surface area contributed by atoms with Crippen LogP contribution in [0.25, 0.3) is 0 Å². The largest absolute Gasteiger partial charge is 0.392 e. The van der Waals surface area contributed by atoms with Crippen molar-refractivity contribution in [2.75, 3.05) is 13.1 Å². The molecule has 1 aliphatic rings. The molecule has 1 aliphatic heterocycles. The molecule has 1 fully saturated rings. The van der Waals surface area contributed by atoms with Crippen molar-refractivity contribution >= 4 is 27.5 Å². The number of likely N-dealkylation sites (tertiary alicyclic amines) is 1. The van der Waals surface area contributed by atoms with Crippen LogP contribution in [-0.2, 0) is 6.54 Å². The highest BCUT2D eigenvalue weighted by Crippen LogP contribution is 2.23. The summed E-state index contributed by atoms with van der Waals surface area (Å²) in [6.45, 7) is 2.53. The van der Waals surface area contributed by atoms with Crippen molar-refractivity contribution in [1.29, 1.82) is 0 Å². The van der Waals surface area contributed by atoms with Gasteiger partial charge in [-0.05, 0) is 24.1 Å². The number of nitrogens with zero attached hydrogens (tertiary/aromatic N) is 1. The molecule has 1 atom stereocenters. The van der Waals surface area contributed by atoms with Crippen molar-refractivity contribution in [2.24, 2.45) is 0 Å². The molecule has 0 spiro atoms. The minimum absolute atomic E-state index is 0.167. The maximum atomic E-state index is 9.41. The summed E-state index contributed by atoms with van der Waals surface area (Å²) in [4.78, 5) is 2.22. The van der Waals surface area contributed by atoms with Crippen molar-refractivity contribution in [3.63, 3.8) is 0 Å². The van der Waals surface area contributed by atoms with Crippen LogP contribution in [0.5, 0.6) is 0 Å². The zero-order valence-electron chi connectivity index (χ0n) is 8.29. The van der Waals surface area contributed by atoms with Crippen LogP contribution in [0.15, 0.2) is 22.7 Å². The molecule has 0 aromatic heterocycles. The fourth-order valence-electron chi connectivity index (χ4n) is 1.85. The standard InChI is InChI=1S/C11H13BrClNO/c12-9-2-1-8(11(13)5-9)6-14-4-3-10(15)7-14/h1-2,5,10,15H,3-4,6-7H2/t10-/m0/s1. The molecular formula is C11H13BrClNO. The van der Waals surface area contributed by atoms with E-state index < -0.39 is 0 Å². The molecule has 2 nitrogen and oxygen atoms in total. The van der Waals surface area contributed by atoms with Crippen molar-refractivity contribution < 1.29 is 5.11 Å². The van der Waals surface area contributed by atoms with Crippen LogP contribution < -0.4 is 0 Å². The Hall–Kier alpha value is -0.0900. The van der Waals surface area contributed by atoms with E-state index in [9.17, 15) is 5.11 Å². The van der Waals surface area contributed by atoms with Gasteiger partial charge >= 0.3 is 0 Å². The van der Waals surface area contributed by atoms with Gasteiger partial charge in [0.1, 0.15) is 0 Å². The highest BCUT2D eigenvalue weighted by molar-refractivity contribution is 9.10. The van der Waals surface area contributed by atoms with Gasteiger partial charge in [-0.15, -0.1) is 0 Å². The average Bonchev–Trinajstić information content (AvgIpc) is 2.56. The summed E-state index contributed by atoms with van der Waals surface area (Å²) in [6, 6.07) is 5.92. The molecule has 1 heterocycles. The van der Waals surface area contributed by atoms with E-state index in [-0.39, 0.29) is 6.10 Å². The molecular weight excluding hydrogens is 277 g/mol. The fraction of sp³-hybridized carbons (Fsp3) is 0.455. The number of aliphatic hydroxyl groups excluding tert-OH is 1. The predicted molar refractivity (Wildman–Crippen MR) is 65.1 cm³/mol. The summed E-state index contributed by atoms with van der Waals surface area (Å²) >= 11 is 9.51. The Bertz CT molecular complexity index is 358. The Kier molecular flexibility index (Phi) is 3.67. The highest BCUT2D eigenvalue weighted by atomic mass is 79.9. The molecule has 0 aliphatic carbocycles. The van der Waals surface area contributed by atoms with Gasteiger partial charge in [-0.2, -0.15) is 0 Å². The summed E-state index contributed by atoms with van der Waals surface area (Å²) in [5.74, 6) is 0. The smallest absolute Gasteiger partial charge is 0.0679 e. The lowest BCUT2D eigenvalue weighted by Crippen LogP contribution is -2.21. The molecule has 1 N–H and O–H groups in total. The van der Waals surface area contributed by atoms with Gasteiger partial charge in [0.15, 0.2) is 0 Å². The fourth-order valence-corrected chi connectivity index (χ4v) is 2.58. The molecule has 0 bridgehead atoms. The number of β-amino-alcohol motifs (C(OH)–C–C–N with tert-alkyl or cyclic N) is 1. The van der Waals surface area contributed by atoms with Gasteiger partial charge in [-0.3, -0.25) is 4.90 Å². The lowest BCUT2D eigenvalue weighted by molar-refractivity contribution is 0.175. The number of hydrogen-bond donors (Lipinski definition) is 1. The topological polar surface area (TPSA) is 23.5 Å². The Morgan fingerprint density at radius 1 is 1.53 bits per heavy atom. The van der Waals surface area contributed by atoms with Gasteiger partial charge in [0.25, 0.3) is 0 Å². The third kappa shape index (κ3) is 2.94. The molecule has 1 aromatic rings. The van der Waals surface area contributed by atoms with E-state index in [1.54, 1.807) is 0 Å². The van der Waals surface area contributed by atoms with E-state index in [2.05, 4.69) is 20.8 Å². The normalized spacial score (nSPS) is 22.2. The van der Waals surface area contributed by atoms with Gasteiger partial charge in [0.05, 0.1) is 6.10 Å². The molecule has 2 rings (SSSR count). The second-order valence-corrected chi connectivity index (χ2v) is 5.24. The molecule has 0 amide bonds. The molecule has 82 valence electrons. The van der Waals surface area contributed by atoms with E-state index in [1.165, 1.54) is 0 Å². The Labute approximate surface area is 103 Å². The minimum Gasteiger partial charge on any atom is -0.392 e. The van der Waals surface area contributed by atoms with Crippen molar-refractivity contribution in [3.05, 3.63) is 33.3 Å². The van der Waals surface area contributed by atoms with Gasteiger partial charge < -0.3 is 5.11 Å². The van der Waals surface area contributed by atoms with Crippen LogP contribution in [0.1, 0.15) is 12.0 Å². The average molecular weight is 291 g/mol. The first-order valence-electron chi connectivity index (χ1n) is 4.99. The van der Waals surface area contributed by atoms with Gasteiger partial charge in [-0.1, -0.05) is 33.6 Å². The van der Waals surface area contributed by atoms with Crippen LogP contribution in [-0.4, -0.2) is 29.2 Å². The first-order chi connectivity index (χ1) is 7.15. The maximum Gasteiger partial charge on any atom is 0.0679 e. The maximum absolute atomic E-state index is 9.41. The number of hydrogen-bond acceptors (Lipinski definition) is 2. The molecule has 15 heavy (non-hydrogen) atoms. The van der Waals surface area contributed by atoms with Crippen molar-refractivity contribution in [1.82, 2.24) is 4.90 Å². The molecule has 4 heteroatoms. The van der Waals surface area contributed by atoms with E-state index >= 15 is 0 Å². The first-order valence-corrected chi connectivity index (χ1v) is 6.16. The summed E-state index contributed by atoms with van der Waals surface area (Å²) in [5, 5.41) is 10.2. The second kappa shape index (κ2) is 4.83. The summed E-state index contributed by atoms with van der Waals surface area (Å²) < 4.78 is 0.998. The van der Waals surface area contributed by atoms with Gasteiger partial charge in [-0.25, -0.2) is 0 Å². The van der Waals surface area contributed by atoms with Crippen molar-refractivity contribution in [2.45, 2.75) is 19.1 Å². The van der Waals surface area contributed by atoms with Crippen molar-refractivity contribution in [3.8, 4) is 0 Å². The number of halogens is 2.